The van der Waals surface area contributed by atoms with Gasteiger partial charge in [0.15, 0.2) is 11.5 Å². The van der Waals surface area contributed by atoms with Crippen LogP contribution in [0.25, 0.3) is 11.8 Å². The summed E-state index contributed by atoms with van der Waals surface area (Å²) in [5.41, 5.74) is 4.71. The van der Waals surface area contributed by atoms with E-state index < -0.39 is 0 Å². The van der Waals surface area contributed by atoms with Gasteiger partial charge in [-0.2, -0.15) is 0 Å². The van der Waals surface area contributed by atoms with Crippen LogP contribution in [-0.2, 0) is 6.42 Å². The Balaban J connectivity index is 1.86. The number of carbonyl (C=O) groups excluding carboxylic acids is 1. The Bertz CT molecular complexity index is 1040. The van der Waals surface area contributed by atoms with Gasteiger partial charge >= 0.3 is 0 Å². The van der Waals surface area contributed by atoms with Gasteiger partial charge in [0.05, 0.1) is 19.9 Å². The molecule has 0 N–H and O–H groups in total. The summed E-state index contributed by atoms with van der Waals surface area (Å²) in [6.45, 7) is 0.606. The molecule has 0 spiro atoms. The SMILES string of the molecule is COc1cc2c(cc1OC)/C(=C\c1ccccc1)N(C(=O)c1ccccc1)CC2. The molecule has 0 saturated carbocycles. The Morgan fingerprint density at radius 3 is 2.17 bits per heavy atom. The molecule has 1 aliphatic heterocycles. The molecule has 1 heterocycles. The van der Waals surface area contributed by atoms with Gasteiger partial charge in [-0.15, -0.1) is 0 Å². The van der Waals surface area contributed by atoms with E-state index in [0.717, 1.165) is 28.8 Å². The lowest BCUT2D eigenvalue weighted by atomic mass is 9.93. The van der Waals surface area contributed by atoms with Crippen molar-refractivity contribution in [3.63, 3.8) is 0 Å². The third-order valence-electron chi connectivity index (χ3n) is 5.15. The zero-order valence-electron chi connectivity index (χ0n) is 16.6. The van der Waals surface area contributed by atoms with Crippen molar-refractivity contribution >= 4 is 17.7 Å². The third-order valence-corrected chi connectivity index (χ3v) is 5.15. The van der Waals surface area contributed by atoms with E-state index in [4.69, 9.17) is 9.47 Å². The molecular weight excluding hydrogens is 362 g/mol. The number of rotatable bonds is 4. The second kappa shape index (κ2) is 8.23. The number of methoxy groups -OCH3 is 2. The largest absolute Gasteiger partial charge is 0.493 e. The van der Waals surface area contributed by atoms with E-state index in [0.29, 0.717) is 23.6 Å². The quantitative estimate of drug-likeness (QED) is 0.641. The molecule has 0 fully saturated rings. The molecule has 0 unspecified atom stereocenters. The molecule has 0 saturated heterocycles. The maximum Gasteiger partial charge on any atom is 0.258 e. The molecule has 0 atom stereocenters. The molecule has 4 rings (SSSR count). The molecular formula is C25H23NO3. The van der Waals surface area contributed by atoms with E-state index in [1.807, 2.05) is 77.7 Å². The molecule has 0 aliphatic carbocycles. The summed E-state index contributed by atoms with van der Waals surface area (Å²) >= 11 is 0. The zero-order chi connectivity index (χ0) is 20.2. The summed E-state index contributed by atoms with van der Waals surface area (Å²) < 4.78 is 11.0. The van der Waals surface area contributed by atoms with Gasteiger partial charge in [-0.25, -0.2) is 0 Å². The summed E-state index contributed by atoms with van der Waals surface area (Å²) in [5, 5.41) is 0. The van der Waals surface area contributed by atoms with Crippen molar-refractivity contribution in [3.05, 3.63) is 95.1 Å². The van der Waals surface area contributed by atoms with Crippen LogP contribution in [0.1, 0.15) is 27.0 Å². The molecule has 0 radical (unpaired) electrons. The van der Waals surface area contributed by atoms with Crippen LogP contribution in [-0.4, -0.2) is 31.6 Å². The maximum atomic E-state index is 13.3. The van der Waals surface area contributed by atoms with Crippen molar-refractivity contribution in [1.82, 2.24) is 4.90 Å². The van der Waals surface area contributed by atoms with Gasteiger partial charge in [0, 0.05) is 17.7 Å². The van der Waals surface area contributed by atoms with Crippen LogP contribution in [0.5, 0.6) is 11.5 Å². The molecule has 4 heteroatoms. The van der Waals surface area contributed by atoms with E-state index in [1.54, 1.807) is 14.2 Å². The summed E-state index contributed by atoms with van der Waals surface area (Å²) in [4.78, 5) is 15.2. The minimum Gasteiger partial charge on any atom is -0.493 e. The fourth-order valence-corrected chi connectivity index (χ4v) is 3.67. The number of amides is 1. The second-order valence-corrected chi connectivity index (χ2v) is 6.88. The first-order valence-corrected chi connectivity index (χ1v) is 9.60. The van der Waals surface area contributed by atoms with Gasteiger partial charge in [0.25, 0.3) is 5.91 Å². The highest BCUT2D eigenvalue weighted by atomic mass is 16.5. The van der Waals surface area contributed by atoms with Gasteiger partial charge in [-0.05, 0) is 47.9 Å². The Morgan fingerprint density at radius 2 is 1.52 bits per heavy atom. The number of hydrogen-bond donors (Lipinski definition) is 0. The van der Waals surface area contributed by atoms with E-state index in [9.17, 15) is 4.79 Å². The summed E-state index contributed by atoms with van der Waals surface area (Å²) in [6, 6.07) is 23.4. The Morgan fingerprint density at radius 1 is 0.897 bits per heavy atom. The average molecular weight is 385 g/mol. The highest BCUT2D eigenvalue weighted by molar-refractivity contribution is 6.03. The van der Waals surface area contributed by atoms with Gasteiger partial charge in [-0.1, -0.05) is 48.5 Å². The van der Waals surface area contributed by atoms with E-state index in [2.05, 4.69) is 6.08 Å². The molecule has 0 aromatic heterocycles. The normalized spacial score (nSPS) is 14.4. The first-order valence-electron chi connectivity index (χ1n) is 9.60. The highest BCUT2D eigenvalue weighted by Gasteiger charge is 2.28. The lowest BCUT2D eigenvalue weighted by Crippen LogP contribution is -2.35. The molecule has 3 aromatic rings. The van der Waals surface area contributed by atoms with E-state index >= 15 is 0 Å². The Labute approximate surface area is 171 Å². The van der Waals surface area contributed by atoms with Crippen molar-refractivity contribution < 1.29 is 14.3 Å². The van der Waals surface area contributed by atoms with Crippen molar-refractivity contribution in [2.24, 2.45) is 0 Å². The van der Waals surface area contributed by atoms with Crippen molar-refractivity contribution in [1.29, 1.82) is 0 Å². The summed E-state index contributed by atoms with van der Waals surface area (Å²) in [7, 11) is 3.26. The predicted octanol–water partition coefficient (Wildman–Crippen LogP) is 4.90. The number of benzene rings is 3. The van der Waals surface area contributed by atoms with Crippen LogP contribution < -0.4 is 9.47 Å². The molecule has 3 aromatic carbocycles. The monoisotopic (exact) mass is 385 g/mol. The van der Waals surface area contributed by atoms with Crippen LogP contribution in [0.2, 0.25) is 0 Å². The minimum absolute atomic E-state index is 0.00628. The molecule has 29 heavy (non-hydrogen) atoms. The molecule has 4 nitrogen and oxygen atoms in total. The molecule has 0 bridgehead atoms. The van der Waals surface area contributed by atoms with Crippen LogP contribution >= 0.6 is 0 Å². The van der Waals surface area contributed by atoms with Crippen molar-refractivity contribution in [2.75, 3.05) is 20.8 Å². The molecule has 1 aliphatic rings. The van der Waals surface area contributed by atoms with Crippen LogP contribution in [0.3, 0.4) is 0 Å². The number of carbonyl (C=O) groups is 1. The smallest absolute Gasteiger partial charge is 0.258 e. The minimum atomic E-state index is -0.00628. The Hall–Kier alpha value is -3.53. The molecule has 146 valence electrons. The first kappa shape index (κ1) is 18.8. The van der Waals surface area contributed by atoms with Gasteiger partial charge < -0.3 is 14.4 Å². The lowest BCUT2D eigenvalue weighted by Gasteiger charge is -2.32. The second-order valence-electron chi connectivity index (χ2n) is 6.88. The number of nitrogens with zero attached hydrogens (tertiary/aromatic N) is 1. The fourth-order valence-electron chi connectivity index (χ4n) is 3.67. The summed E-state index contributed by atoms with van der Waals surface area (Å²) in [5.74, 6) is 1.35. The third kappa shape index (κ3) is 3.74. The van der Waals surface area contributed by atoms with Crippen molar-refractivity contribution in [2.45, 2.75) is 6.42 Å². The first-order chi connectivity index (χ1) is 14.2. The van der Waals surface area contributed by atoms with Crippen LogP contribution in [0.4, 0.5) is 0 Å². The van der Waals surface area contributed by atoms with E-state index in [1.165, 1.54) is 0 Å². The zero-order valence-corrected chi connectivity index (χ0v) is 16.6. The van der Waals surface area contributed by atoms with Crippen LogP contribution in [0.15, 0.2) is 72.8 Å². The lowest BCUT2D eigenvalue weighted by molar-refractivity contribution is 0.0834. The fraction of sp³-hybridized carbons (Fsp3) is 0.160. The van der Waals surface area contributed by atoms with Crippen LogP contribution in [0, 0.1) is 0 Å². The maximum absolute atomic E-state index is 13.3. The number of hydrogen-bond acceptors (Lipinski definition) is 3. The van der Waals surface area contributed by atoms with Crippen molar-refractivity contribution in [3.8, 4) is 11.5 Å². The average Bonchev–Trinajstić information content (AvgIpc) is 2.79. The molecule has 1 amide bonds. The highest BCUT2D eigenvalue weighted by Crippen LogP contribution is 2.39. The number of ether oxygens (including phenoxy) is 2. The predicted molar refractivity (Wildman–Crippen MR) is 115 cm³/mol. The topological polar surface area (TPSA) is 38.8 Å². The summed E-state index contributed by atoms with van der Waals surface area (Å²) in [6.07, 6.45) is 2.81. The Kier molecular flexibility index (Phi) is 5.34. The van der Waals surface area contributed by atoms with Gasteiger partial charge in [0.1, 0.15) is 0 Å². The standard InChI is InChI=1S/C25H23NO3/c1-28-23-16-20-13-14-26(25(27)19-11-7-4-8-12-19)22(21(20)17-24(23)29-2)15-18-9-5-3-6-10-18/h3-12,15-17H,13-14H2,1-2H3/b22-15+. The number of fused-ring (bicyclic) bond motifs is 1. The van der Waals surface area contributed by atoms with Gasteiger partial charge in [-0.3, -0.25) is 4.79 Å². The van der Waals surface area contributed by atoms with Gasteiger partial charge in [0.2, 0.25) is 0 Å². The van der Waals surface area contributed by atoms with E-state index in [-0.39, 0.29) is 5.91 Å².